The SMILES string of the molecule is CCN(CC)C(=O)CNc1nc(N)nc2nc[nH]c12. The van der Waals surface area contributed by atoms with E-state index in [4.69, 9.17) is 5.73 Å². The molecule has 2 heterocycles. The van der Waals surface area contributed by atoms with E-state index in [0.717, 1.165) is 0 Å². The Hall–Kier alpha value is -2.38. The Labute approximate surface area is 110 Å². The van der Waals surface area contributed by atoms with Crippen LogP contribution in [0, 0.1) is 0 Å². The molecule has 0 radical (unpaired) electrons. The molecule has 0 spiro atoms. The number of amides is 1. The molecule has 4 N–H and O–H groups in total. The predicted octanol–water partition coefficient (Wildman–Crippen LogP) is 0.215. The summed E-state index contributed by atoms with van der Waals surface area (Å²) in [7, 11) is 0. The zero-order chi connectivity index (χ0) is 13.8. The Morgan fingerprint density at radius 2 is 2.16 bits per heavy atom. The highest BCUT2D eigenvalue weighted by Gasteiger charge is 2.12. The third kappa shape index (κ3) is 2.72. The highest BCUT2D eigenvalue weighted by atomic mass is 16.2. The molecule has 0 fully saturated rings. The van der Waals surface area contributed by atoms with Crippen LogP contribution in [0.15, 0.2) is 6.33 Å². The first-order valence-electron chi connectivity index (χ1n) is 6.14. The summed E-state index contributed by atoms with van der Waals surface area (Å²) in [5.74, 6) is 0.618. The summed E-state index contributed by atoms with van der Waals surface area (Å²) in [6.45, 7) is 5.41. The first-order chi connectivity index (χ1) is 9.15. The summed E-state index contributed by atoms with van der Waals surface area (Å²) in [6.07, 6.45) is 1.51. The van der Waals surface area contributed by atoms with Crippen LogP contribution < -0.4 is 11.1 Å². The van der Waals surface area contributed by atoms with Crippen molar-refractivity contribution in [2.75, 3.05) is 30.7 Å². The van der Waals surface area contributed by atoms with Gasteiger partial charge in [0.15, 0.2) is 11.5 Å². The molecule has 0 bridgehead atoms. The minimum Gasteiger partial charge on any atom is -0.368 e. The topological polar surface area (TPSA) is 113 Å². The molecule has 0 unspecified atom stereocenters. The first kappa shape index (κ1) is 13.1. The number of nitrogens with zero attached hydrogens (tertiary/aromatic N) is 4. The molecule has 8 heteroatoms. The molecule has 19 heavy (non-hydrogen) atoms. The second kappa shape index (κ2) is 5.51. The van der Waals surface area contributed by atoms with Crippen LogP contribution in [0.1, 0.15) is 13.8 Å². The van der Waals surface area contributed by atoms with E-state index in [0.29, 0.717) is 30.1 Å². The average Bonchev–Trinajstić information content (AvgIpc) is 2.85. The van der Waals surface area contributed by atoms with Gasteiger partial charge in [0.25, 0.3) is 0 Å². The number of hydrogen-bond acceptors (Lipinski definition) is 6. The fourth-order valence-corrected chi connectivity index (χ4v) is 1.83. The smallest absolute Gasteiger partial charge is 0.241 e. The molecule has 8 nitrogen and oxygen atoms in total. The van der Waals surface area contributed by atoms with Gasteiger partial charge in [-0.1, -0.05) is 0 Å². The van der Waals surface area contributed by atoms with Crippen molar-refractivity contribution >= 4 is 28.8 Å². The highest BCUT2D eigenvalue weighted by molar-refractivity contribution is 5.87. The number of aromatic nitrogens is 4. The molecule has 2 aromatic rings. The molecule has 0 aliphatic rings. The van der Waals surface area contributed by atoms with Gasteiger partial charge in [-0.15, -0.1) is 0 Å². The van der Waals surface area contributed by atoms with Crippen molar-refractivity contribution in [2.45, 2.75) is 13.8 Å². The van der Waals surface area contributed by atoms with E-state index in [9.17, 15) is 4.79 Å². The lowest BCUT2D eigenvalue weighted by molar-refractivity contribution is -0.128. The average molecular weight is 263 g/mol. The van der Waals surface area contributed by atoms with Crippen LogP contribution in [-0.4, -0.2) is 50.4 Å². The Kier molecular flexibility index (Phi) is 3.79. The van der Waals surface area contributed by atoms with Crippen LogP contribution in [0.5, 0.6) is 0 Å². The summed E-state index contributed by atoms with van der Waals surface area (Å²) in [5.41, 5.74) is 6.71. The minimum atomic E-state index is 0.00912. The predicted molar refractivity (Wildman–Crippen MR) is 72.5 cm³/mol. The quantitative estimate of drug-likeness (QED) is 0.711. The lowest BCUT2D eigenvalue weighted by atomic mass is 10.4. The lowest BCUT2D eigenvalue weighted by Crippen LogP contribution is -2.35. The van der Waals surface area contributed by atoms with Gasteiger partial charge in [0.2, 0.25) is 11.9 Å². The maximum absolute atomic E-state index is 11.9. The fourth-order valence-electron chi connectivity index (χ4n) is 1.83. The van der Waals surface area contributed by atoms with Crippen LogP contribution in [0.4, 0.5) is 11.8 Å². The Morgan fingerprint density at radius 1 is 1.42 bits per heavy atom. The van der Waals surface area contributed by atoms with Crippen LogP contribution in [0.25, 0.3) is 11.2 Å². The summed E-state index contributed by atoms with van der Waals surface area (Å²) in [5, 5.41) is 2.97. The number of H-pyrrole nitrogens is 1. The van der Waals surface area contributed by atoms with E-state index in [1.54, 1.807) is 4.90 Å². The molecule has 0 aliphatic carbocycles. The van der Waals surface area contributed by atoms with E-state index in [-0.39, 0.29) is 18.4 Å². The Morgan fingerprint density at radius 3 is 2.84 bits per heavy atom. The molecule has 1 amide bonds. The lowest BCUT2D eigenvalue weighted by Gasteiger charge is -2.18. The number of nitrogen functional groups attached to an aromatic ring is 1. The minimum absolute atomic E-state index is 0.00912. The van der Waals surface area contributed by atoms with E-state index in [1.807, 2.05) is 13.8 Å². The first-order valence-corrected chi connectivity index (χ1v) is 6.14. The number of nitrogens with two attached hydrogens (primary N) is 1. The van der Waals surface area contributed by atoms with Crippen LogP contribution >= 0.6 is 0 Å². The largest absolute Gasteiger partial charge is 0.368 e. The molecule has 0 aromatic carbocycles. The van der Waals surface area contributed by atoms with E-state index < -0.39 is 0 Å². The molecule has 102 valence electrons. The molecular weight excluding hydrogens is 246 g/mol. The number of carbonyl (C=O) groups excluding carboxylic acids is 1. The number of carbonyl (C=O) groups is 1. The number of rotatable bonds is 5. The van der Waals surface area contributed by atoms with E-state index >= 15 is 0 Å². The molecular formula is C11H17N7O. The monoisotopic (exact) mass is 263 g/mol. The molecule has 0 saturated carbocycles. The molecule has 0 atom stereocenters. The van der Waals surface area contributed by atoms with Crippen molar-refractivity contribution in [2.24, 2.45) is 0 Å². The van der Waals surface area contributed by atoms with Gasteiger partial charge >= 0.3 is 0 Å². The van der Waals surface area contributed by atoms with Crippen LogP contribution in [0.2, 0.25) is 0 Å². The van der Waals surface area contributed by atoms with Crippen LogP contribution in [0.3, 0.4) is 0 Å². The Bertz CT molecular complexity index is 575. The van der Waals surface area contributed by atoms with Crippen molar-refractivity contribution < 1.29 is 4.79 Å². The van der Waals surface area contributed by atoms with Gasteiger partial charge in [-0.2, -0.15) is 9.97 Å². The van der Waals surface area contributed by atoms with Gasteiger partial charge in [-0.05, 0) is 13.8 Å². The zero-order valence-corrected chi connectivity index (χ0v) is 11.0. The number of likely N-dealkylation sites (N-methyl/N-ethyl adjacent to an activating group) is 1. The van der Waals surface area contributed by atoms with Crippen molar-refractivity contribution in [1.29, 1.82) is 0 Å². The molecule has 2 aromatic heterocycles. The molecule has 2 rings (SSSR count). The van der Waals surface area contributed by atoms with Gasteiger partial charge in [0.1, 0.15) is 5.52 Å². The van der Waals surface area contributed by atoms with E-state index in [2.05, 4.69) is 25.3 Å². The van der Waals surface area contributed by atoms with Crippen molar-refractivity contribution in [3.8, 4) is 0 Å². The maximum Gasteiger partial charge on any atom is 0.241 e. The van der Waals surface area contributed by atoms with Gasteiger partial charge in [-0.25, -0.2) is 4.98 Å². The summed E-state index contributed by atoms with van der Waals surface area (Å²) >= 11 is 0. The fraction of sp³-hybridized carbons (Fsp3) is 0.455. The van der Waals surface area contributed by atoms with Crippen molar-refractivity contribution in [1.82, 2.24) is 24.8 Å². The third-order valence-corrected chi connectivity index (χ3v) is 2.83. The van der Waals surface area contributed by atoms with Gasteiger partial charge in [0.05, 0.1) is 12.9 Å². The summed E-state index contributed by atoms with van der Waals surface area (Å²) in [6, 6.07) is 0. The molecule has 0 aliphatic heterocycles. The van der Waals surface area contributed by atoms with Gasteiger partial charge in [0, 0.05) is 13.1 Å². The second-order valence-electron chi connectivity index (χ2n) is 3.95. The zero-order valence-electron chi connectivity index (χ0n) is 11.0. The number of aromatic amines is 1. The summed E-state index contributed by atoms with van der Waals surface area (Å²) in [4.78, 5) is 28.6. The standard InChI is InChI=1S/C11H17N7O/c1-3-18(4-2)7(19)5-13-9-8-10(15-6-14-8)17-11(12)16-9/h6H,3-5H2,1-2H3,(H4,12,13,14,15,16,17). The number of imidazole rings is 1. The molecule has 0 saturated heterocycles. The van der Waals surface area contributed by atoms with Crippen LogP contribution in [-0.2, 0) is 4.79 Å². The third-order valence-electron chi connectivity index (χ3n) is 2.83. The number of hydrogen-bond donors (Lipinski definition) is 3. The number of nitrogens with one attached hydrogen (secondary N) is 2. The van der Waals surface area contributed by atoms with Crippen molar-refractivity contribution in [3.05, 3.63) is 6.33 Å². The number of fused-ring (bicyclic) bond motifs is 1. The Balaban J connectivity index is 2.13. The van der Waals surface area contributed by atoms with Gasteiger partial charge in [-0.3, -0.25) is 4.79 Å². The second-order valence-corrected chi connectivity index (χ2v) is 3.95. The number of anilines is 2. The highest BCUT2D eigenvalue weighted by Crippen LogP contribution is 2.16. The van der Waals surface area contributed by atoms with Gasteiger partial charge < -0.3 is 20.9 Å². The normalized spacial score (nSPS) is 10.6. The van der Waals surface area contributed by atoms with E-state index in [1.165, 1.54) is 6.33 Å². The van der Waals surface area contributed by atoms with Crippen molar-refractivity contribution in [3.63, 3.8) is 0 Å². The maximum atomic E-state index is 11.9. The summed E-state index contributed by atoms with van der Waals surface area (Å²) < 4.78 is 0.